The van der Waals surface area contributed by atoms with Crippen LogP contribution in [0.25, 0.3) is 0 Å². The molecule has 1 nitrogen and oxygen atoms in total. The van der Waals surface area contributed by atoms with Crippen molar-refractivity contribution in [3.63, 3.8) is 0 Å². The quantitative estimate of drug-likeness (QED) is 0.904. The number of fused-ring (bicyclic) bond motifs is 1. The topological polar surface area (TPSA) is 20.2 Å². The zero-order valence-corrected chi connectivity index (χ0v) is 11.1. The van der Waals surface area contributed by atoms with Crippen LogP contribution in [0.15, 0.2) is 36.4 Å². The lowest BCUT2D eigenvalue weighted by atomic mass is 9.98. The number of aliphatic hydroxyl groups excluding tert-OH is 1. The molecule has 0 amide bonds. The molecule has 0 aliphatic heterocycles. The molecule has 0 heterocycles. The lowest BCUT2D eigenvalue weighted by Gasteiger charge is -2.12. The Morgan fingerprint density at radius 2 is 1.75 bits per heavy atom. The van der Waals surface area contributed by atoms with Crippen LogP contribution in [0.5, 0.6) is 0 Å². The standard InChI is InChI=1S/C17H16F2O/c18-15-7-6-14(10-16(15)19)17(20)9-11-4-5-12-2-1-3-13(12)8-11/h4-8,10,17,20H,1-3,9H2. The van der Waals surface area contributed by atoms with Crippen molar-refractivity contribution in [2.75, 3.05) is 0 Å². The van der Waals surface area contributed by atoms with Crippen LogP contribution in [0.2, 0.25) is 0 Å². The van der Waals surface area contributed by atoms with E-state index in [1.165, 1.54) is 23.6 Å². The Labute approximate surface area is 116 Å². The minimum Gasteiger partial charge on any atom is -0.388 e. The van der Waals surface area contributed by atoms with Crippen LogP contribution in [0.4, 0.5) is 8.78 Å². The summed E-state index contributed by atoms with van der Waals surface area (Å²) in [6.07, 6.45) is 3.00. The third-order valence-electron chi connectivity index (χ3n) is 3.92. The zero-order chi connectivity index (χ0) is 14.1. The van der Waals surface area contributed by atoms with Gasteiger partial charge in [-0.15, -0.1) is 0 Å². The number of hydrogen-bond acceptors (Lipinski definition) is 1. The average Bonchev–Trinajstić information content (AvgIpc) is 2.89. The molecule has 2 aromatic carbocycles. The highest BCUT2D eigenvalue weighted by molar-refractivity contribution is 5.36. The molecule has 1 N–H and O–H groups in total. The molecule has 2 aromatic rings. The van der Waals surface area contributed by atoms with Gasteiger partial charge in [-0.1, -0.05) is 24.3 Å². The first-order valence-electron chi connectivity index (χ1n) is 6.87. The fourth-order valence-electron chi connectivity index (χ4n) is 2.81. The van der Waals surface area contributed by atoms with Crippen molar-refractivity contribution in [1.82, 2.24) is 0 Å². The largest absolute Gasteiger partial charge is 0.388 e. The van der Waals surface area contributed by atoms with Crippen molar-refractivity contribution in [3.05, 3.63) is 70.3 Å². The second kappa shape index (κ2) is 5.33. The van der Waals surface area contributed by atoms with Gasteiger partial charge in [-0.3, -0.25) is 0 Å². The first-order chi connectivity index (χ1) is 9.63. The van der Waals surface area contributed by atoms with E-state index in [-0.39, 0.29) is 0 Å². The van der Waals surface area contributed by atoms with Crippen molar-refractivity contribution < 1.29 is 13.9 Å². The summed E-state index contributed by atoms with van der Waals surface area (Å²) in [4.78, 5) is 0. The van der Waals surface area contributed by atoms with Crippen LogP contribution < -0.4 is 0 Å². The molecule has 20 heavy (non-hydrogen) atoms. The molecule has 0 spiro atoms. The number of benzene rings is 2. The average molecular weight is 274 g/mol. The van der Waals surface area contributed by atoms with Crippen molar-refractivity contribution in [1.29, 1.82) is 0 Å². The fraction of sp³-hybridized carbons (Fsp3) is 0.294. The van der Waals surface area contributed by atoms with E-state index >= 15 is 0 Å². The van der Waals surface area contributed by atoms with Gasteiger partial charge in [0.05, 0.1) is 6.10 Å². The Morgan fingerprint density at radius 3 is 2.55 bits per heavy atom. The summed E-state index contributed by atoms with van der Waals surface area (Å²) in [5.74, 6) is -1.81. The predicted octanol–water partition coefficient (Wildman–Crippen LogP) is 3.73. The minimum atomic E-state index is -0.921. The molecule has 3 heteroatoms. The van der Waals surface area contributed by atoms with E-state index in [4.69, 9.17) is 0 Å². The smallest absolute Gasteiger partial charge is 0.159 e. The van der Waals surface area contributed by atoms with E-state index in [1.807, 2.05) is 6.07 Å². The Hall–Kier alpha value is -1.74. The second-order valence-corrected chi connectivity index (χ2v) is 5.35. The maximum atomic E-state index is 13.2. The Kier molecular flexibility index (Phi) is 3.53. The molecule has 1 unspecified atom stereocenters. The van der Waals surface area contributed by atoms with Gasteiger partial charge in [0.15, 0.2) is 11.6 Å². The number of aliphatic hydroxyl groups is 1. The van der Waals surface area contributed by atoms with E-state index in [1.54, 1.807) is 0 Å². The van der Waals surface area contributed by atoms with Gasteiger partial charge >= 0.3 is 0 Å². The van der Waals surface area contributed by atoms with Gasteiger partial charge in [0.25, 0.3) is 0 Å². The SMILES string of the molecule is OC(Cc1ccc2c(c1)CCC2)c1ccc(F)c(F)c1. The van der Waals surface area contributed by atoms with Crippen molar-refractivity contribution in [2.45, 2.75) is 31.8 Å². The predicted molar refractivity (Wildman–Crippen MR) is 73.5 cm³/mol. The molecule has 0 radical (unpaired) electrons. The van der Waals surface area contributed by atoms with E-state index in [0.717, 1.165) is 30.5 Å². The van der Waals surface area contributed by atoms with Crippen molar-refractivity contribution in [3.8, 4) is 0 Å². The number of aryl methyl sites for hydroxylation is 2. The number of rotatable bonds is 3. The highest BCUT2D eigenvalue weighted by Crippen LogP contribution is 2.26. The van der Waals surface area contributed by atoms with Gasteiger partial charge in [-0.2, -0.15) is 0 Å². The van der Waals surface area contributed by atoms with Crippen LogP contribution in [-0.2, 0) is 19.3 Å². The Morgan fingerprint density at radius 1 is 0.950 bits per heavy atom. The molecule has 3 rings (SSSR count). The molecular weight excluding hydrogens is 258 g/mol. The Bertz CT molecular complexity index is 637. The van der Waals surface area contributed by atoms with Crippen LogP contribution in [0, 0.1) is 11.6 Å². The zero-order valence-electron chi connectivity index (χ0n) is 11.1. The van der Waals surface area contributed by atoms with E-state index in [2.05, 4.69) is 12.1 Å². The third kappa shape index (κ3) is 2.59. The molecule has 1 aliphatic carbocycles. The summed E-state index contributed by atoms with van der Waals surface area (Å²) in [7, 11) is 0. The lowest BCUT2D eigenvalue weighted by molar-refractivity contribution is 0.178. The van der Waals surface area contributed by atoms with Crippen LogP contribution in [0.1, 0.15) is 34.8 Å². The molecule has 1 aliphatic rings. The molecule has 0 fully saturated rings. The first-order valence-corrected chi connectivity index (χ1v) is 6.87. The summed E-state index contributed by atoms with van der Waals surface area (Å²) in [5.41, 5.74) is 4.17. The third-order valence-corrected chi connectivity index (χ3v) is 3.92. The molecule has 0 saturated carbocycles. The van der Waals surface area contributed by atoms with Gasteiger partial charge in [0.2, 0.25) is 0 Å². The lowest BCUT2D eigenvalue weighted by Crippen LogP contribution is -2.03. The molecule has 0 saturated heterocycles. The van der Waals surface area contributed by atoms with Crippen molar-refractivity contribution >= 4 is 0 Å². The summed E-state index contributed by atoms with van der Waals surface area (Å²) in [6, 6.07) is 9.77. The second-order valence-electron chi connectivity index (χ2n) is 5.35. The summed E-state index contributed by atoms with van der Waals surface area (Å²) in [6.45, 7) is 0. The maximum Gasteiger partial charge on any atom is 0.159 e. The van der Waals surface area contributed by atoms with E-state index in [9.17, 15) is 13.9 Å². The monoisotopic (exact) mass is 274 g/mol. The normalized spacial score (nSPS) is 15.2. The number of hydrogen-bond donors (Lipinski definition) is 1. The maximum absolute atomic E-state index is 13.2. The van der Waals surface area contributed by atoms with Gasteiger partial charge in [0, 0.05) is 6.42 Å². The first kappa shape index (κ1) is 13.3. The van der Waals surface area contributed by atoms with Gasteiger partial charge in [-0.05, 0) is 53.6 Å². The van der Waals surface area contributed by atoms with Gasteiger partial charge in [-0.25, -0.2) is 8.78 Å². The van der Waals surface area contributed by atoms with E-state index < -0.39 is 17.7 Å². The highest BCUT2D eigenvalue weighted by atomic mass is 19.2. The van der Waals surface area contributed by atoms with Gasteiger partial charge < -0.3 is 5.11 Å². The molecule has 1 atom stereocenters. The van der Waals surface area contributed by atoms with Crippen LogP contribution in [0.3, 0.4) is 0 Å². The minimum absolute atomic E-state index is 0.407. The summed E-state index contributed by atoms with van der Waals surface area (Å²) in [5, 5.41) is 10.1. The van der Waals surface area contributed by atoms with Crippen LogP contribution >= 0.6 is 0 Å². The van der Waals surface area contributed by atoms with Crippen LogP contribution in [-0.4, -0.2) is 5.11 Å². The highest BCUT2D eigenvalue weighted by Gasteiger charge is 2.14. The Balaban J connectivity index is 1.78. The molecule has 0 aromatic heterocycles. The molecule has 0 bridgehead atoms. The summed E-state index contributed by atoms with van der Waals surface area (Å²) >= 11 is 0. The molecule has 104 valence electrons. The van der Waals surface area contributed by atoms with Gasteiger partial charge in [0.1, 0.15) is 0 Å². The van der Waals surface area contributed by atoms with Crippen molar-refractivity contribution in [2.24, 2.45) is 0 Å². The summed E-state index contributed by atoms with van der Waals surface area (Å²) < 4.78 is 26.1. The number of halogens is 2. The van der Waals surface area contributed by atoms with E-state index in [0.29, 0.717) is 12.0 Å². The fourth-order valence-corrected chi connectivity index (χ4v) is 2.81. The molecular formula is C17H16F2O.